The van der Waals surface area contributed by atoms with Gasteiger partial charge >= 0.3 is 0 Å². The number of carbonyl (C=O) groups excluding carboxylic acids is 1. The van der Waals surface area contributed by atoms with Gasteiger partial charge in [-0.3, -0.25) is 9.36 Å². The number of ketones is 1. The number of anilines is 1. The van der Waals surface area contributed by atoms with Crippen molar-refractivity contribution in [2.24, 2.45) is 0 Å². The molecule has 146 valence electrons. The van der Waals surface area contributed by atoms with Gasteiger partial charge in [0.1, 0.15) is 12.3 Å². The van der Waals surface area contributed by atoms with E-state index in [0.717, 1.165) is 54.7 Å². The number of carbonyl (C=O) groups is 1. The Morgan fingerprint density at radius 3 is 2.46 bits per heavy atom. The first-order chi connectivity index (χ1) is 13.5. The molecular weight excluding hydrogens is 352 g/mol. The Morgan fingerprint density at radius 1 is 1.11 bits per heavy atom. The highest BCUT2D eigenvalue weighted by Gasteiger charge is 2.25. The van der Waals surface area contributed by atoms with Crippen LogP contribution in [-0.4, -0.2) is 48.2 Å². The Kier molecular flexibility index (Phi) is 5.05. The highest BCUT2D eigenvalue weighted by molar-refractivity contribution is 5.98. The maximum Gasteiger partial charge on any atom is 0.218 e. The fourth-order valence-electron chi connectivity index (χ4n) is 4.08. The van der Waals surface area contributed by atoms with Crippen LogP contribution in [0.1, 0.15) is 27.5 Å². The summed E-state index contributed by atoms with van der Waals surface area (Å²) in [6, 6.07) is 14.4. The molecule has 2 aromatic heterocycles. The van der Waals surface area contributed by atoms with Crippen molar-refractivity contribution in [2.45, 2.75) is 20.8 Å². The molecule has 0 amide bonds. The lowest BCUT2D eigenvalue weighted by molar-refractivity contribution is -0.892. The first-order valence-electron chi connectivity index (χ1n) is 9.82. The lowest BCUT2D eigenvalue weighted by atomic mass is 10.1. The van der Waals surface area contributed by atoms with Crippen LogP contribution in [0.4, 0.5) is 5.69 Å². The second kappa shape index (κ2) is 7.64. The van der Waals surface area contributed by atoms with Gasteiger partial charge < -0.3 is 14.3 Å². The van der Waals surface area contributed by atoms with Crippen molar-refractivity contribution >= 4 is 11.5 Å². The van der Waals surface area contributed by atoms with Gasteiger partial charge in [-0.25, -0.2) is 0 Å². The molecule has 0 radical (unpaired) electrons. The van der Waals surface area contributed by atoms with Crippen molar-refractivity contribution in [3.8, 4) is 5.82 Å². The summed E-state index contributed by atoms with van der Waals surface area (Å²) in [6.45, 7) is 10.3. The highest BCUT2D eigenvalue weighted by atomic mass is 16.5. The largest absolute Gasteiger partial charge is 0.360 e. The summed E-state index contributed by atoms with van der Waals surface area (Å²) in [4.78, 5) is 16.7. The third kappa shape index (κ3) is 3.60. The van der Waals surface area contributed by atoms with Crippen LogP contribution in [0.15, 0.2) is 47.0 Å². The first kappa shape index (κ1) is 18.5. The average molecular weight is 379 g/mol. The summed E-state index contributed by atoms with van der Waals surface area (Å²) >= 11 is 0. The van der Waals surface area contributed by atoms with E-state index in [4.69, 9.17) is 4.52 Å². The Morgan fingerprint density at radius 2 is 1.82 bits per heavy atom. The number of nitrogens with one attached hydrogen (secondary N) is 1. The second-order valence-corrected chi connectivity index (χ2v) is 7.59. The number of para-hydroxylation sites is 1. The number of benzene rings is 1. The molecule has 0 unspecified atom stereocenters. The summed E-state index contributed by atoms with van der Waals surface area (Å²) in [7, 11) is 0. The van der Waals surface area contributed by atoms with E-state index in [1.165, 1.54) is 10.6 Å². The second-order valence-electron chi connectivity index (χ2n) is 7.59. The van der Waals surface area contributed by atoms with E-state index < -0.39 is 0 Å². The summed E-state index contributed by atoms with van der Waals surface area (Å²) in [5.74, 6) is 1.69. The predicted molar refractivity (Wildman–Crippen MR) is 109 cm³/mol. The molecule has 1 aliphatic heterocycles. The molecule has 0 aliphatic carbocycles. The van der Waals surface area contributed by atoms with E-state index in [9.17, 15) is 4.79 Å². The molecule has 1 saturated heterocycles. The molecule has 3 aromatic rings. The number of hydrogen-bond donors (Lipinski definition) is 1. The molecule has 6 heteroatoms. The maximum atomic E-state index is 13.0. The van der Waals surface area contributed by atoms with Gasteiger partial charge in [0, 0.05) is 28.7 Å². The van der Waals surface area contributed by atoms with Crippen LogP contribution in [0.5, 0.6) is 0 Å². The molecule has 4 rings (SSSR count). The van der Waals surface area contributed by atoms with Crippen LogP contribution in [0, 0.1) is 20.8 Å². The van der Waals surface area contributed by atoms with Gasteiger partial charge in [0.25, 0.3) is 0 Å². The van der Waals surface area contributed by atoms with Crippen LogP contribution >= 0.6 is 0 Å². The van der Waals surface area contributed by atoms with Crippen LogP contribution in [-0.2, 0) is 0 Å². The summed E-state index contributed by atoms with van der Waals surface area (Å²) in [5, 5.41) is 4.10. The zero-order valence-corrected chi connectivity index (χ0v) is 16.7. The van der Waals surface area contributed by atoms with Gasteiger partial charge in [0.2, 0.25) is 5.78 Å². The minimum absolute atomic E-state index is 0.197. The van der Waals surface area contributed by atoms with Crippen LogP contribution in [0.2, 0.25) is 0 Å². The summed E-state index contributed by atoms with van der Waals surface area (Å²) < 4.78 is 7.19. The number of aromatic nitrogens is 2. The van der Waals surface area contributed by atoms with Crippen LogP contribution in [0.25, 0.3) is 5.82 Å². The van der Waals surface area contributed by atoms with Gasteiger partial charge in [-0.15, -0.1) is 0 Å². The van der Waals surface area contributed by atoms with Crippen molar-refractivity contribution in [2.75, 3.05) is 37.6 Å². The number of aryl methyl sites for hydroxylation is 2. The molecule has 28 heavy (non-hydrogen) atoms. The summed E-state index contributed by atoms with van der Waals surface area (Å²) in [6.07, 6.45) is 0. The Hall–Kier alpha value is -2.86. The molecule has 0 atom stereocenters. The number of quaternary nitrogens is 1. The molecule has 0 bridgehead atoms. The lowest BCUT2D eigenvalue weighted by Crippen LogP contribution is -3.15. The molecule has 1 fully saturated rings. The number of rotatable bonds is 5. The Labute approximate surface area is 165 Å². The van der Waals surface area contributed by atoms with Crippen molar-refractivity contribution in [1.82, 2.24) is 9.72 Å². The van der Waals surface area contributed by atoms with E-state index in [1.54, 1.807) is 0 Å². The molecular formula is C22H27N4O2+. The van der Waals surface area contributed by atoms with Gasteiger partial charge in [-0.05, 0) is 39.0 Å². The Balaban J connectivity index is 1.42. The average Bonchev–Trinajstić information content (AvgIpc) is 3.25. The number of hydrogen-bond acceptors (Lipinski definition) is 4. The van der Waals surface area contributed by atoms with E-state index in [0.29, 0.717) is 6.54 Å². The van der Waals surface area contributed by atoms with Gasteiger partial charge in [-0.1, -0.05) is 23.4 Å². The van der Waals surface area contributed by atoms with E-state index in [1.807, 2.05) is 43.5 Å². The van der Waals surface area contributed by atoms with Crippen LogP contribution < -0.4 is 9.80 Å². The van der Waals surface area contributed by atoms with Crippen molar-refractivity contribution in [1.29, 1.82) is 0 Å². The SMILES string of the molecule is Cc1cc(-n2c(C)cc(C(=O)C[NH+]3CCN(c4ccccc4)CC3)c2C)no1. The van der Waals surface area contributed by atoms with Crippen LogP contribution in [0.3, 0.4) is 0 Å². The maximum absolute atomic E-state index is 13.0. The standard InChI is InChI=1S/C22H26N4O2/c1-16-13-20(18(3)26(16)22-14-17(2)28-23-22)21(27)15-24-9-11-25(12-10-24)19-7-5-4-6-8-19/h4-8,13-14H,9-12,15H2,1-3H3/p+1. The topological polar surface area (TPSA) is 55.7 Å². The zero-order valence-electron chi connectivity index (χ0n) is 16.7. The van der Waals surface area contributed by atoms with E-state index >= 15 is 0 Å². The zero-order chi connectivity index (χ0) is 19.7. The van der Waals surface area contributed by atoms with E-state index in [2.05, 4.69) is 34.3 Å². The quantitative estimate of drug-likeness (QED) is 0.689. The van der Waals surface area contributed by atoms with Crippen molar-refractivity contribution in [3.05, 3.63) is 65.2 Å². The molecule has 6 nitrogen and oxygen atoms in total. The van der Waals surface area contributed by atoms with Gasteiger partial charge in [0.15, 0.2) is 5.82 Å². The molecule has 1 aliphatic rings. The fourth-order valence-corrected chi connectivity index (χ4v) is 4.08. The molecule has 3 heterocycles. The van der Waals surface area contributed by atoms with Gasteiger partial charge in [-0.2, -0.15) is 0 Å². The number of piperazine rings is 1. The number of Topliss-reactive ketones (excluding diaryl/α,β-unsaturated/α-hetero) is 1. The monoisotopic (exact) mass is 379 g/mol. The highest BCUT2D eigenvalue weighted by Crippen LogP contribution is 2.21. The predicted octanol–water partition coefficient (Wildman–Crippen LogP) is 1.98. The first-order valence-corrected chi connectivity index (χ1v) is 9.82. The molecule has 0 saturated carbocycles. The van der Waals surface area contributed by atoms with Crippen molar-refractivity contribution < 1.29 is 14.2 Å². The molecule has 0 spiro atoms. The smallest absolute Gasteiger partial charge is 0.218 e. The normalized spacial score (nSPS) is 15.2. The van der Waals surface area contributed by atoms with Gasteiger partial charge in [0.05, 0.1) is 26.2 Å². The van der Waals surface area contributed by atoms with E-state index in [-0.39, 0.29) is 5.78 Å². The number of nitrogens with zero attached hydrogens (tertiary/aromatic N) is 3. The lowest BCUT2D eigenvalue weighted by Gasteiger charge is -2.33. The molecule has 1 N–H and O–H groups in total. The third-order valence-electron chi connectivity index (χ3n) is 5.58. The third-order valence-corrected chi connectivity index (χ3v) is 5.58. The fraction of sp³-hybridized carbons (Fsp3) is 0.364. The van der Waals surface area contributed by atoms with Crippen molar-refractivity contribution in [3.63, 3.8) is 0 Å². The minimum atomic E-state index is 0.197. The molecule has 1 aromatic carbocycles. The Bertz CT molecular complexity index is 966. The summed E-state index contributed by atoms with van der Waals surface area (Å²) in [5.41, 5.74) is 3.98. The minimum Gasteiger partial charge on any atom is -0.360 e.